The highest BCUT2D eigenvalue weighted by atomic mass is 32.2. The van der Waals surface area contributed by atoms with Crippen LogP contribution in [0.25, 0.3) is 0 Å². The summed E-state index contributed by atoms with van der Waals surface area (Å²) in [6.45, 7) is 0.0323. The third-order valence-corrected chi connectivity index (χ3v) is 4.46. The van der Waals surface area contributed by atoms with Crippen molar-refractivity contribution in [1.29, 1.82) is 0 Å². The van der Waals surface area contributed by atoms with Crippen molar-refractivity contribution in [2.24, 2.45) is 5.73 Å². The predicted octanol–water partition coefficient (Wildman–Crippen LogP) is 0.314. The van der Waals surface area contributed by atoms with E-state index < -0.39 is 15.8 Å². The van der Waals surface area contributed by atoms with Crippen LogP contribution in [0.5, 0.6) is 0 Å². The average Bonchev–Trinajstić information content (AvgIpc) is 2.96. The zero-order chi connectivity index (χ0) is 15.3. The third-order valence-electron chi connectivity index (χ3n) is 2.92. The zero-order valence-electron chi connectivity index (χ0n) is 11.2. The number of aromatic amines is 1. The molecular formula is C12H16FN5O2S. The van der Waals surface area contributed by atoms with Crippen LogP contribution >= 0.6 is 0 Å². The number of H-pyrrole nitrogens is 1. The van der Waals surface area contributed by atoms with Crippen molar-refractivity contribution in [3.63, 3.8) is 0 Å². The minimum atomic E-state index is -3.78. The van der Waals surface area contributed by atoms with Crippen LogP contribution in [-0.4, -0.2) is 30.1 Å². The van der Waals surface area contributed by atoms with Crippen LogP contribution in [0.2, 0.25) is 0 Å². The first kappa shape index (κ1) is 15.5. The van der Waals surface area contributed by atoms with Crippen LogP contribution in [0.3, 0.4) is 0 Å². The van der Waals surface area contributed by atoms with Crippen molar-refractivity contribution in [3.05, 3.63) is 41.7 Å². The Kier molecular flexibility index (Phi) is 4.99. The first-order valence-corrected chi connectivity index (χ1v) is 7.84. The number of hydrogen-bond donors (Lipinski definition) is 3. The molecule has 0 unspecified atom stereocenters. The fourth-order valence-corrected chi connectivity index (χ4v) is 3.21. The number of rotatable bonds is 7. The summed E-state index contributed by atoms with van der Waals surface area (Å²) < 4.78 is 40.3. The Morgan fingerprint density at radius 3 is 2.86 bits per heavy atom. The summed E-state index contributed by atoms with van der Waals surface area (Å²) in [7, 11) is -3.78. The van der Waals surface area contributed by atoms with E-state index in [1.165, 1.54) is 24.5 Å². The Bertz CT molecular complexity index is 688. The van der Waals surface area contributed by atoms with Crippen molar-refractivity contribution in [1.82, 2.24) is 19.9 Å². The molecule has 0 spiro atoms. The van der Waals surface area contributed by atoms with E-state index in [1.54, 1.807) is 0 Å². The molecule has 0 bridgehead atoms. The summed E-state index contributed by atoms with van der Waals surface area (Å²) >= 11 is 0. The van der Waals surface area contributed by atoms with Gasteiger partial charge in [-0.15, -0.1) is 0 Å². The Hall–Kier alpha value is -1.84. The Labute approximate surface area is 121 Å². The Morgan fingerprint density at radius 2 is 2.19 bits per heavy atom. The molecule has 1 heterocycles. The van der Waals surface area contributed by atoms with Crippen LogP contribution in [-0.2, 0) is 23.0 Å². The van der Waals surface area contributed by atoms with Gasteiger partial charge in [0, 0.05) is 25.1 Å². The second kappa shape index (κ2) is 6.74. The molecule has 4 N–H and O–H groups in total. The van der Waals surface area contributed by atoms with E-state index in [0.717, 1.165) is 0 Å². The number of halogens is 1. The molecule has 9 heteroatoms. The number of nitrogens with one attached hydrogen (secondary N) is 2. The molecule has 0 saturated heterocycles. The molecule has 0 atom stereocenters. The molecule has 7 nitrogen and oxygen atoms in total. The Morgan fingerprint density at radius 1 is 1.38 bits per heavy atom. The number of benzene rings is 1. The van der Waals surface area contributed by atoms with Crippen molar-refractivity contribution >= 4 is 10.0 Å². The molecule has 1 aromatic heterocycles. The van der Waals surface area contributed by atoms with Gasteiger partial charge in [0.15, 0.2) is 0 Å². The van der Waals surface area contributed by atoms with Gasteiger partial charge in [0.05, 0.1) is 4.90 Å². The van der Waals surface area contributed by atoms with Gasteiger partial charge in [0.2, 0.25) is 10.0 Å². The standard InChI is InChI=1S/C12H16FN5O2S/c13-10-3-1-4-11(9(10)7-14)21(19,20)17-6-2-5-12-15-8-16-18-12/h1,3-4,8,17H,2,5-7,14H2,(H,15,16,18). The number of sulfonamides is 1. The maximum Gasteiger partial charge on any atom is 0.240 e. The maximum atomic E-state index is 13.6. The van der Waals surface area contributed by atoms with Gasteiger partial charge in [-0.3, -0.25) is 5.10 Å². The molecule has 0 amide bonds. The highest BCUT2D eigenvalue weighted by Gasteiger charge is 2.19. The summed E-state index contributed by atoms with van der Waals surface area (Å²) in [5.41, 5.74) is 5.40. The summed E-state index contributed by atoms with van der Waals surface area (Å²) in [6.07, 6.45) is 2.50. The van der Waals surface area contributed by atoms with E-state index >= 15 is 0 Å². The molecular weight excluding hydrogens is 297 g/mol. The minimum absolute atomic E-state index is 0.0137. The second-order valence-electron chi connectivity index (χ2n) is 4.35. The summed E-state index contributed by atoms with van der Waals surface area (Å²) in [5.74, 6) is 0.0598. The van der Waals surface area contributed by atoms with Crippen LogP contribution in [0.1, 0.15) is 17.8 Å². The van der Waals surface area contributed by atoms with Gasteiger partial charge in [-0.2, -0.15) is 5.10 Å². The molecule has 0 aliphatic heterocycles. The fraction of sp³-hybridized carbons (Fsp3) is 0.333. The van der Waals surface area contributed by atoms with E-state index in [0.29, 0.717) is 18.7 Å². The molecule has 2 aromatic rings. The maximum absolute atomic E-state index is 13.6. The van der Waals surface area contributed by atoms with E-state index in [1.807, 2.05) is 0 Å². The molecule has 0 radical (unpaired) electrons. The minimum Gasteiger partial charge on any atom is -0.326 e. The van der Waals surface area contributed by atoms with Crippen molar-refractivity contribution in [2.45, 2.75) is 24.3 Å². The van der Waals surface area contributed by atoms with Crippen LogP contribution in [0, 0.1) is 5.82 Å². The van der Waals surface area contributed by atoms with Gasteiger partial charge in [-0.25, -0.2) is 22.5 Å². The third kappa shape index (κ3) is 3.84. The van der Waals surface area contributed by atoms with Gasteiger partial charge >= 0.3 is 0 Å². The van der Waals surface area contributed by atoms with Crippen molar-refractivity contribution in [3.8, 4) is 0 Å². The SMILES string of the molecule is NCc1c(F)cccc1S(=O)(=O)NCCCc1ncn[nH]1. The van der Waals surface area contributed by atoms with E-state index in [9.17, 15) is 12.8 Å². The zero-order valence-corrected chi connectivity index (χ0v) is 12.0. The topological polar surface area (TPSA) is 114 Å². The predicted molar refractivity (Wildman–Crippen MR) is 74.2 cm³/mol. The van der Waals surface area contributed by atoms with Crippen molar-refractivity contribution < 1.29 is 12.8 Å². The largest absolute Gasteiger partial charge is 0.326 e. The van der Waals surface area contributed by atoms with Crippen molar-refractivity contribution in [2.75, 3.05) is 6.54 Å². The highest BCUT2D eigenvalue weighted by Crippen LogP contribution is 2.18. The monoisotopic (exact) mass is 313 g/mol. The van der Waals surface area contributed by atoms with Crippen LogP contribution in [0.4, 0.5) is 4.39 Å². The smallest absolute Gasteiger partial charge is 0.240 e. The first-order valence-electron chi connectivity index (χ1n) is 6.36. The fourth-order valence-electron chi connectivity index (χ4n) is 1.88. The van der Waals surface area contributed by atoms with Crippen LogP contribution in [0.15, 0.2) is 29.4 Å². The normalized spacial score (nSPS) is 11.7. The molecule has 0 fully saturated rings. The molecule has 0 saturated carbocycles. The lowest BCUT2D eigenvalue weighted by Crippen LogP contribution is -2.27. The lowest BCUT2D eigenvalue weighted by Gasteiger charge is -2.10. The van der Waals surface area contributed by atoms with Gasteiger partial charge in [-0.05, 0) is 18.6 Å². The molecule has 2 rings (SSSR count). The average molecular weight is 313 g/mol. The van der Waals surface area contributed by atoms with Gasteiger partial charge in [0.25, 0.3) is 0 Å². The second-order valence-corrected chi connectivity index (χ2v) is 6.09. The Balaban J connectivity index is 2.00. The molecule has 21 heavy (non-hydrogen) atoms. The number of nitrogens with zero attached hydrogens (tertiary/aromatic N) is 2. The molecule has 0 aliphatic carbocycles. The summed E-state index contributed by atoms with van der Waals surface area (Å²) in [6, 6.07) is 3.87. The van der Waals surface area contributed by atoms with E-state index in [-0.39, 0.29) is 23.5 Å². The van der Waals surface area contributed by atoms with Gasteiger partial charge in [-0.1, -0.05) is 6.07 Å². The quantitative estimate of drug-likeness (QED) is 0.637. The molecule has 0 aliphatic rings. The van der Waals surface area contributed by atoms with E-state index in [2.05, 4.69) is 19.9 Å². The summed E-state index contributed by atoms with van der Waals surface area (Å²) in [5, 5.41) is 6.39. The van der Waals surface area contributed by atoms with Gasteiger partial charge in [0.1, 0.15) is 18.0 Å². The number of hydrogen-bond acceptors (Lipinski definition) is 5. The number of aromatic nitrogens is 3. The lowest BCUT2D eigenvalue weighted by atomic mass is 10.2. The van der Waals surface area contributed by atoms with E-state index in [4.69, 9.17) is 5.73 Å². The lowest BCUT2D eigenvalue weighted by molar-refractivity contribution is 0.569. The molecule has 1 aromatic carbocycles. The molecule has 114 valence electrons. The van der Waals surface area contributed by atoms with Crippen LogP contribution < -0.4 is 10.5 Å². The number of nitrogens with two attached hydrogens (primary N) is 1. The highest BCUT2D eigenvalue weighted by molar-refractivity contribution is 7.89. The van der Waals surface area contributed by atoms with Gasteiger partial charge < -0.3 is 5.73 Å². The summed E-state index contributed by atoms with van der Waals surface area (Å²) in [4.78, 5) is 3.82. The first-order chi connectivity index (χ1) is 10.0. The number of aryl methyl sites for hydroxylation is 1.